The van der Waals surface area contributed by atoms with E-state index in [2.05, 4.69) is 5.32 Å². The van der Waals surface area contributed by atoms with Crippen molar-refractivity contribution in [2.75, 3.05) is 13.1 Å². The fourth-order valence-electron chi connectivity index (χ4n) is 1.26. The highest BCUT2D eigenvalue weighted by molar-refractivity contribution is 5.78. The van der Waals surface area contributed by atoms with Gasteiger partial charge in [0.2, 0.25) is 5.91 Å². The summed E-state index contributed by atoms with van der Waals surface area (Å²) < 4.78 is 12.6. The van der Waals surface area contributed by atoms with E-state index in [0.717, 1.165) is 5.56 Å². The first kappa shape index (κ1) is 12.6. The Labute approximate surface area is 94.8 Å². The van der Waals surface area contributed by atoms with Crippen molar-refractivity contribution in [3.05, 3.63) is 35.6 Å². The molecule has 0 aliphatic rings. The molecule has 0 saturated heterocycles. The molecule has 0 spiro atoms. The summed E-state index contributed by atoms with van der Waals surface area (Å²) in [6.45, 7) is 2.68. The second-order valence-electron chi connectivity index (χ2n) is 3.80. The zero-order chi connectivity index (χ0) is 12.0. The molecule has 1 aromatic rings. The highest BCUT2D eigenvalue weighted by Crippen LogP contribution is 2.02. The summed E-state index contributed by atoms with van der Waals surface area (Å²) in [5, 5.41) is 2.78. The Bertz CT molecular complexity index is 337. The van der Waals surface area contributed by atoms with Gasteiger partial charge in [0.05, 0.1) is 0 Å². The molecule has 4 heteroatoms. The summed E-state index contributed by atoms with van der Waals surface area (Å²) in [7, 11) is 0. The highest BCUT2D eigenvalue weighted by Gasteiger charge is 2.09. The molecular weight excluding hydrogens is 207 g/mol. The second-order valence-corrected chi connectivity index (χ2v) is 3.80. The molecule has 1 atom stereocenters. The third kappa shape index (κ3) is 3.98. The number of carbonyl (C=O) groups is 1. The van der Waals surface area contributed by atoms with E-state index in [1.54, 1.807) is 19.1 Å². The lowest BCUT2D eigenvalue weighted by atomic mass is 10.1. The summed E-state index contributed by atoms with van der Waals surface area (Å²) in [6.07, 6.45) is 0.698. The van der Waals surface area contributed by atoms with Gasteiger partial charge in [-0.25, -0.2) is 4.39 Å². The minimum Gasteiger partial charge on any atom is -0.355 e. The molecule has 0 saturated carbocycles. The molecule has 0 aliphatic heterocycles. The van der Waals surface area contributed by atoms with Crippen molar-refractivity contribution in [2.24, 2.45) is 11.7 Å². The van der Waals surface area contributed by atoms with E-state index in [-0.39, 0.29) is 17.6 Å². The summed E-state index contributed by atoms with van der Waals surface area (Å²) in [5.41, 5.74) is 6.37. The highest BCUT2D eigenvalue weighted by atomic mass is 19.1. The van der Waals surface area contributed by atoms with E-state index >= 15 is 0 Å². The van der Waals surface area contributed by atoms with Crippen LogP contribution in [0.2, 0.25) is 0 Å². The fraction of sp³-hybridized carbons (Fsp3) is 0.417. The molecule has 0 fully saturated rings. The van der Waals surface area contributed by atoms with Gasteiger partial charge in [-0.1, -0.05) is 19.1 Å². The van der Waals surface area contributed by atoms with Crippen molar-refractivity contribution in [3.8, 4) is 0 Å². The molecule has 16 heavy (non-hydrogen) atoms. The van der Waals surface area contributed by atoms with Gasteiger partial charge < -0.3 is 11.1 Å². The molecule has 1 aromatic carbocycles. The number of amides is 1. The van der Waals surface area contributed by atoms with Crippen LogP contribution in [0, 0.1) is 11.7 Å². The Kier molecular flexibility index (Phi) is 4.92. The third-order valence-corrected chi connectivity index (χ3v) is 2.43. The van der Waals surface area contributed by atoms with E-state index in [1.807, 2.05) is 0 Å². The average molecular weight is 224 g/mol. The monoisotopic (exact) mass is 224 g/mol. The topological polar surface area (TPSA) is 55.1 Å². The van der Waals surface area contributed by atoms with Crippen LogP contribution in [-0.2, 0) is 11.2 Å². The molecule has 3 nitrogen and oxygen atoms in total. The van der Waals surface area contributed by atoms with Crippen molar-refractivity contribution in [1.29, 1.82) is 0 Å². The molecule has 0 aromatic heterocycles. The van der Waals surface area contributed by atoms with Crippen LogP contribution in [0.1, 0.15) is 12.5 Å². The van der Waals surface area contributed by atoms with Gasteiger partial charge in [0, 0.05) is 19.0 Å². The van der Waals surface area contributed by atoms with E-state index in [0.29, 0.717) is 19.5 Å². The first-order chi connectivity index (χ1) is 7.63. The number of rotatable bonds is 5. The number of nitrogens with two attached hydrogens (primary N) is 1. The van der Waals surface area contributed by atoms with E-state index in [9.17, 15) is 9.18 Å². The smallest absolute Gasteiger partial charge is 0.224 e. The molecule has 1 rings (SSSR count). The quantitative estimate of drug-likeness (QED) is 0.786. The molecule has 0 bridgehead atoms. The number of nitrogens with one attached hydrogen (secondary N) is 1. The van der Waals surface area contributed by atoms with Gasteiger partial charge in [0.15, 0.2) is 0 Å². The van der Waals surface area contributed by atoms with E-state index in [1.165, 1.54) is 12.1 Å². The van der Waals surface area contributed by atoms with E-state index < -0.39 is 0 Å². The lowest BCUT2D eigenvalue weighted by molar-refractivity contribution is -0.124. The summed E-state index contributed by atoms with van der Waals surface area (Å²) in [4.78, 5) is 11.4. The third-order valence-electron chi connectivity index (χ3n) is 2.43. The van der Waals surface area contributed by atoms with Crippen LogP contribution in [0.5, 0.6) is 0 Å². The van der Waals surface area contributed by atoms with Crippen molar-refractivity contribution < 1.29 is 9.18 Å². The number of hydrogen-bond acceptors (Lipinski definition) is 2. The molecular formula is C12H17FN2O. The Morgan fingerprint density at radius 3 is 2.62 bits per heavy atom. The number of carbonyl (C=O) groups excluding carboxylic acids is 1. The minimum absolute atomic E-state index is 0.0374. The van der Waals surface area contributed by atoms with Crippen LogP contribution in [0.25, 0.3) is 0 Å². The van der Waals surface area contributed by atoms with Gasteiger partial charge in [-0.2, -0.15) is 0 Å². The summed E-state index contributed by atoms with van der Waals surface area (Å²) in [5.74, 6) is -0.442. The van der Waals surface area contributed by atoms with Crippen molar-refractivity contribution in [1.82, 2.24) is 5.32 Å². The maximum absolute atomic E-state index is 12.6. The predicted molar refractivity (Wildman–Crippen MR) is 61.3 cm³/mol. The van der Waals surface area contributed by atoms with Crippen LogP contribution >= 0.6 is 0 Å². The molecule has 0 radical (unpaired) electrons. The lowest BCUT2D eigenvalue weighted by Gasteiger charge is -2.09. The predicted octanol–water partition coefficient (Wildman–Crippen LogP) is 1.08. The van der Waals surface area contributed by atoms with Crippen LogP contribution < -0.4 is 11.1 Å². The van der Waals surface area contributed by atoms with Crippen molar-refractivity contribution >= 4 is 5.91 Å². The van der Waals surface area contributed by atoms with Gasteiger partial charge in [0.25, 0.3) is 0 Å². The maximum atomic E-state index is 12.6. The van der Waals surface area contributed by atoms with Gasteiger partial charge in [-0.3, -0.25) is 4.79 Å². The van der Waals surface area contributed by atoms with Crippen LogP contribution in [0.15, 0.2) is 24.3 Å². The number of halogens is 1. The zero-order valence-corrected chi connectivity index (χ0v) is 9.37. The molecule has 0 aliphatic carbocycles. The molecule has 0 heterocycles. The van der Waals surface area contributed by atoms with Gasteiger partial charge in [-0.05, 0) is 24.1 Å². The Morgan fingerprint density at radius 1 is 1.44 bits per heavy atom. The first-order valence-electron chi connectivity index (χ1n) is 5.35. The normalized spacial score (nSPS) is 12.2. The summed E-state index contributed by atoms with van der Waals surface area (Å²) >= 11 is 0. The first-order valence-corrected chi connectivity index (χ1v) is 5.35. The van der Waals surface area contributed by atoms with Gasteiger partial charge in [0.1, 0.15) is 5.82 Å². The number of benzene rings is 1. The van der Waals surface area contributed by atoms with Crippen LogP contribution in [0.4, 0.5) is 4.39 Å². The maximum Gasteiger partial charge on any atom is 0.224 e. The number of hydrogen-bond donors (Lipinski definition) is 2. The Morgan fingerprint density at radius 2 is 2.06 bits per heavy atom. The van der Waals surface area contributed by atoms with Gasteiger partial charge >= 0.3 is 0 Å². The Hall–Kier alpha value is -1.42. The van der Waals surface area contributed by atoms with Crippen molar-refractivity contribution in [3.63, 3.8) is 0 Å². The molecule has 1 amide bonds. The van der Waals surface area contributed by atoms with Gasteiger partial charge in [-0.15, -0.1) is 0 Å². The second kappa shape index (κ2) is 6.23. The molecule has 3 N–H and O–H groups in total. The zero-order valence-electron chi connectivity index (χ0n) is 9.37. The summed E-state index contributed by atoms with van der Waals surface area (Å²) in [6, 6.07) is 6.26. The minimum atomic E-state index is -0.246. The van der Waals surface area contributed by atoms with E-state index in [4.69, 9.17) is 5.73 Å². The standard InChI is InChI=1S/C12H17FN2O/c1-9(8-14)12(16)15-7-6-10-2-4-11(13)5-3-10/h2-5,9H,6-8,14H2,1H3,(H,15,16). The Balaban J connectivity index is 2.30. The lowest BCUT2D eigenvalue weighted by Crippen LogP contribution is -2.34. The largest absolute Gasteiger partial charge is 0.355 e. The van der Waals surface area contributed by atoms with Crippen LogP contribution in [-0.4, -0.2) is 19.0 Å². The van der Waals surface area contributed by atoms with Crippen LogP contribution in [0.3, 0.4) is 0 Å². The molecule has 1 unspecified atom stereocenters. The average Bonchev–Trinajstić information content (AvgIpc) is 2.30. The van der Waals surface area contributed by atoms with Crippen molar-refractivity contribution in [2.45, 2.75) is 13.3 Å². The fourth-order valence-corrected chi connectivity index (χ4v) is 1.26. The SMILES string of the molecule is CC(CN)C(=O)NCCc1ccc(F)cc1. The molecule has 88 valence electrons.